The molecule has 3 aliphatic carbocycles. The molecule has 2 fully saturated rings. The fourth-order valence-electron chi connectivity index (χ4n) is 7.80. The number of carbonyl (C=O) groups excluding carboxylic acids is 1. The van der Waals surface area contributed by atoms with Crippen LogP contribution >= 0.6 is 11.6 Å². The fraction of sp³-hybridized carbons (Fsp3) is 0.515. The van der Waals surface area contributed by atoms with Crippen LogP contribution in [0.25, 0.3) is 0 Å². The number of fused-ring (bicyclic) bond motifs is 5. The predicted molar refractivity (Wildman–Crippen MR) is 166 cm³/mol. The normalized spacial score (nSPS) is 36.9. The highest BCUT2D eigenvalue weighted by atomic mass is 35.5. The van der Waals surface area contributed by atoms with E-state index in [1.54, 1.807) is 13.2 Å². The van der Waals surface area contributed by atoms with Gasteiger partial charge in [0.05, 0.1) is 28.1 Å². The molecule has 1 unspecified atom stereocenters. The van der Waals surface area contributed by atoms with Gasteiger partial charge < -0.3 is 14.4 Å². The van der Waals surface area contributed by atoms with Crippen molar-refractivity contribution < 1.29 is 18.5 Å². The molecular weight excluding hydrogens is 556 g/mol. The summed E-state index contributed by atoms with van der Waals surface area (Å²) in [5.41, 5.74) is 3.87. The van der Waals surface area contributed by atoms with E-state index < -0.39 is 9.71 Å². The van der Waals surface area contributed by atoms with E-state index in [9.17, 15) is 9.00 Å². The summed E-state index contributed by atoms with van der Waals surface area (Å²) in [6, 6.07) is 11.9. The van der Waals surface area contributed by atoms with Crippen molar-refractivity contribution in [2.75, 3.05) is 31.7 Å². The first-order chi connectivity index (χ1) is 19.8. The Hall–Kier alpha value is -2.48. The van der Waals surface area contributed by atoms with Crippen LogP contribution in [0, 0.1) is 17.8 Å². The molecule has 0 aromatic heterocycles. The van der Waals surface area contributed by atoms with Crippen molar-refractivity contribution in [3.8, 4) is 5.75 Å². The van der Waals surface area contributed by atoms with Crippen molar-refractivity contribution in [3.63, 3.8) is 0 Å². The molecular formula is C33H39ClN2O4S. The lowest BCUT2D eigenvalue weighted by atomic mass is 9.68. The molecule has 41 heavy (non-hydrogen) atoms. The Morgan fingerprint density at radius 1 is 1.20 bits per heavy atom. The van der Waals surface area contributed by atoms with Gasteiger partial charge in [-0.25, -0.2) is 4.21 Å². The highest BCUT2D eigenvalue weighted by Crippen LogP contribution is 2.47. The maximum absolute atomic E-state index is 13.5. The lowest BCUT2D eigenvalue weighted by Crippen LogP contribution is -2.49. The minimum absolute atomic E-state index is 0.0585. The zero-order valence-electron chi connectivity index (χ0n) is 23.7. The molecule has 2 aliphatic heterocycles. The van der Waals surface area contributed by atoms with Gasteiger partial charge in [-0.15, -0.1) is 0 Å². The number of amides is 1. The maximum atomic E-state index is 13.5. The van der Waals surface area contributed by atoms with Crippen molar-refractivity contribution >= 4 is 38.8 Å². The first kappa shape index (κ1) is 27.4. The zero-order chi connectivity index (χ0) is 28.4. The van der Waals surface area contributed by atoms with Crippen molar-refractivity contribution in [1.29, 1.82) is 0 Å². The first-order valence-corrected chi connectivity index (χ1v) is 17.1. The number of anilines is 1. The van der Waals surface area contributed by atoms with E-state index >= 15 is 0 Å². The third-order valence-corrected chi connectivity index (χ3v) is 12.6. The summed E-state index contributed by atoms with van der Waals surface area (Å²) in [5, 5.41) is 0.677. The Morgan fingerprint density at radius 2 is 2.07 bits per heavy atom. The number of nitrogens with one attached hydrogen (secondary N) is 1. The molecule has 2 aromatic rings. The van der Waals surface area contributed by atoms with Gasteiger partial charge in [-0.1, -0.05) is 29.8 Å². The Kier molecular flexibility index (Phi) is 6.91. The number of allylic oxidation sites excluding steroid dienone is 1. The van der Waals surface area contributed by atoms with Gasteiger partial charge in [-0.3, -0.25) is 9.52 Å². The van der Waals surface area contributed by atoms with E-state index in [2.05, 4.69) is 39.8 Å². The number of carbonyl (C=O) groups is 1. The van der Waals surface area contributed by atoms with Gasteiger partial charge >= 0.3 is 0 Å². The van der Waals surface area contributed by atoms with E-state index in [0.29, 0.717) is 24.0 Å². The van der Waals surface area contributed by atoms with Gasteiger partial charge in [-0.2, -0.15) is 0 Å². The van der Waals surface area contributed by atoms with Crippen LogP contribution in [0.15, 0.2) is 48.6 Å². The smallest absolute Gasteiger partial charge is 0.262 e. The molecule has 2 aromatic carbocycles. The third-order valence-electron chi connectivity index (χ3n) is 10.3. The lowest BCUT2D eigenvalue weighted by molar-refractivity contribution is 0.0131. The van der Waals surface area contributed by atoms with E-state index in [1.807, 2.05) is 18.2 Å². The van der Waals surface area contributed by atoms with E-state index in [-0.39, 0.29) is 28.6 Å². The molecule has 8 heteroatoms. The molecule has 1 amide bonds. The summed E-state index contributed by atoms with van der Waals surface area (Å²) in [5.74, 6) is 5.61. The molecule has 1 N–H and O–H groups in total. The topological polar surface area (TPSA) is 67.9 Å². The van der Waals surface area contributed by atoms with Crippen LogP contribution in [0.4, 0.5) is 5.69 Å². The summed E-state index contributed by atoms with van der Waals surface area (Å²) in [7, 11) is -0.954. The summed E-state index contributed by atoms with van der Waals surface area (Å²) < 4.78 is 28.9. The largest absolute Gasteiger partial charge is 0.490 e. The number of hydrogen-bond acceptors (Lipinski definition) is 5. The van der Waals surface area contributed by atoms with Gasteiger partial charge in [0.1, 0.15) is 5.75 Å². The Labute approximate surface area is 248 Å². The molecule has 6 nitrogen and oxygen atoms in total. The van der Waals surface area contributed by atoms with Gasteiger partial charge in [0.25, 0.3) is 5.91 Å². The Bertz CT molecular complexity index is 1510. The molecule has 1 spiro atoms. The predicted octanol–water partition coefficient (Wildman–Crippen LogP) is 5.56. The van der Waals surface area contributed by atoms with Crippen molar-refractivity contribution in [2.24, 2.45) is 17.8 Å². The average molecular weight is 595 g/mol. The Morgan fingerprint density at radius 3 is 2.88 bits per heavy atom. The molecule has 0 radical (unpaired) electrons. The van der Waals surface area contributed by atoms with Crippen molar-refractivity contribution in [3.05, 3.63) is 70.3 Å². The number of rotatable bonds is 1. The average Bonchev–Trinajstić information content (AvgIpc) is 3.74. The molecule has 0 saturated heterocycles. The fourth-order valence-corrected chi connectivity index (χ4v) is 9.87. The first-order valence-electron chi connectivity index (χ1n) is 14.9. The minimum atomic E-state index is -2.76. The van der Waals surface area contributed by atoms with Crippen LogP contribution in [-0.2, 0) is 26.3 Å². The summed E-state index contributed by atoms with van der Waals surface area (Å²) >= 11 is 6.42. The van der Waals surface area contributed by atoms with Gasteiger partial charge in [0.2, 0.25) is 0 Å². The minimum Gasteiger partial charge on any atom is -0.490 e. The van der Waals surface area contributed by atoms with Gasteiger partial charge in [0.15, 0.2) is 0 Å². The Balaban J connectivity index is 1.30. The second-order valence-electron chi connectivity index (χ2n) is 12.8. The number of ether oxygens (including phenoxy) is 2. The van der Waals surface area contributed by atoms with Crippen molar-refractivity contribution in [2.45, 2.75) is 61.7 Å². The number of halogens is 1. The number of hydrogen-bond donors (Lipinski definition) is 1. The number of nitrogens with zero attached hydrogens (tertiary/aromatic N) is 1. The zero-order valence-corrected chi connectivity index (χ0v) is 25.2. The summed E-state index contributed by atoms with van der Waals surface area (Å²) in [6.45, 7) is 2.23. The van der Waals surface area contributed by atoms with Crippen LogP contribution in [0.3, 0.4) is 0 Å². The SMILES string of the molecule is C=S1(=O)NC(=O)c2ccc3c(c2)N(C[C@@H]2CC[C@H]2[C@@H](OC)/C=C/C[C@H]2C[C@@H]21)C[C@@]1(CCCc2cc(Cl)ccc21)CO3. The van der Waals surface area contributed by atoms with Crippen molar-refractivity contribution in [1.82, 2.24) is 4.72 Å². The standard InChI is InChI=1S/C33H39ClN2O4S/c1-39-29-7-3-5-22-17-31(22)41(2,38)35-32(37)23-9-13-30-28(16-23)36(18-24-8-11-26(24)29)19-33(20-40-30)14-4-6-21-15-25(34)10-12-27(21)33/h3,7,9-10,12-13,15-16,22,24,26,29,31H,2,4-6,8,11,14,17-20H2,1H3,(H,35,37,38)/b7-3+/t22-,24-,26+,29-,31-,33-,41?/m0/s1. The second kappa shape index (κ2) is 10.4. The van der Waals surface area contributed by atoms with Crippen LogP contribution in [-0.4, -0.2) is 54.1 Å². The second-order valence-corrected chi connectivity index (χ2v) is 15.5. The molecule has 2 saturated carbocycles. The van der Waals surface area contributed by atoms with Crippen LogP contribution < -0.4 is 14.4 Å². The van der Waals surface area contributed by atoms with Crippen LogP contribution in [0.1, 0.15) is 60.0 Å². The van der Waals surface area contributed by atoms with Crippen LogP contribution in [0.5, 0.6) is 5.75 Å². The van der Waals surface area contributed by atoms with Crippen LogP contribution in [0.2, 0.25) is 5.02 Å². The monoisotopic (exact) mass is 594 g/mol. The lowest BCUT2D eigenvalue weighted by Gasteiger charge is -2.46. The quantitative estimate of drug-likeness (QED) is 0.346. The summed E-state index contributed by atoms with van der Waals surface area (Å²) in [6.07, 6.45) is 11.5. The molecule has 7 atom stereocenters. The third kappa shape index (κ3) is 4.98. The highest BCUT2D eigenvalue weighted by molar-refractivity contribution is 7.99. The molecule has 7 rings (SSSR count). The number of benzene rings is 2. The van der Waals surface area contributed by atoms with Gasteiger partial charge in [0, 0.05) is 41.5 Å². The highest BCUT2D eigenvalue weighted by Gasteiger charge is 2.46. The van der Waals surface area contributed by atoms with E-state index in [0.717, 1.165) is 74.5 Å². The number of aryl methyl sites for hydroxylation is 1. The number of methoxy groups -OCH3 is 1. The molecule has 2 heterocycles. The molecule has 2 bridgehead atoms. The molecule has 218 valence electrons. The summed E-state index contributed by atoms with van der Waals surface area (Å²) in [4.78, 5) is 15.9. The van der Waals surface area contributed by atoms with E-state index in [4.69, 9.17) is 21.1 Å². The maximum Gasteiger partial charge on any atom is 0.262 e. The van der Waals surface area contributed by atoms with E-state index in [1.165, 1.54) is 11.1 Å². The molecule has 5 aliphatic rings. The van der Waals surface area contributed by atoms with Gasteiger partial charge in [-0.05, 0) is 110 Å².